The van der Waals surface area contributed by atoms with Gasteiger partial charge < -0.3 is 14.6 Å². The van der Waals surface area contributed by atoms with Crippen LogP contribution in [-0.4, -0.2) is 29.9 Å². The molecular formula is C24H21ClN2O5S. The van der Waals surface area contributed by atoms with Crippen LogP contribution in [0.25, 0.3) is 6.08 Å². The minimum atomic E-state index is -0.662. The lowest BCUT2D eigenvalue weighted by Gasteiger charge is -2.25. The van der Waals surface area contributed by atoms with E-state index in [0.29, 0.717) is 32.6 Å². The first kappa shape index (κ1) is 22.8. The Morgan fingerprint density at radius 3 is 2.64 bits per heavy atom. The van der Waals surface area contributed by atoms with E-state index in [2.05, 4.69) is 4.99 Å². The van der Waals surface area contributed by atoms with Gasteiger partial charge in [-0.3, -0.25) is 9.36 Å². The molecule has 0 aliphatic carbocycles. The van der Waals surface area contributed by atoms with E-state index in [0.717, 1.165) is 5.56 Å². The molecule has 1 aliphatic rings. The minimum absolute atomic E-state index is 0.108. The van der Waals surface area contributed by atoms with Crippen molar-refractivity contribution < 1.29 is 19.4 Å². The third-order valence-electron chi connectivity index (χ3n) is 5.33. The smallest absolute Gasteiger partial charge is 0.338 e. The van der Waals surface area contributed by atoms with Crippen LogP contribution >= 0.6 is 22.9 Å². The van der Waals surface area contributed by atoms with Gasteiger partial charge in [0, 0.05) is 0 Å². The minimum Gasteiger partial charge on any atom is -0.503 e. The third kappa shape index (κ3) is 4.07. The van der Waals surface area contributed by atoms with Crippen molar-refractivity contribution in [3.05, 3.63) is 89.6 Å². The highest BCUT2D eigenvalue weighted by Crippen LogP contribution is 2.35. The van der Waals surface area contributed by atoms with Crippen LogP contribution < -0.4 is 19.6 Å². The topological polar surface area (TPSA) is 90.1 Å². The maximum absolute atomic E-state index is 13.6. The van der Waals surface area contributed by atoms with Gasteiger partial charge in [-0.05, 0) is 35.8 Å². The summed E-state index contributed by atoms with van der Waals surface area (Å²) in [4.78, 5) is 31.4. The van der Waals surface area contributed by atoms with Crippen molar-refractivity contribution in [3.8, 4) is 11.5 Å². The van der Waals surface area contributed by atoms with Crippen molar-refractivity contribution >= 4 is 35.0 Å². The first-order valence-electron chi connectivity index (χ1n) is 10.1. The fourth-order valence-electron chi connectivity index (χ4n) is 3.80. The lowest BCUT2D eigenvalue weighted by atomic mass is 9.95. The Hall–Kier alpha value is -3.36. The molecule has 4 rings (SSSR count). The fraction of sp³-hybridized carbons (Fsp3) is 0.208. The second-order valence-corrected chi connectivity index (χ2v) is 8.67. The lowest BCUT2D eigenvalue weighted by Crippen LogP contribution is -2.40. The average Bonchev–Trinajstić information content (AvgIpc) is 3.14. The van der Waals surface area contributed by atoms with E-state index in [-0.39, 0.29) is 22.1 Å². The number of phenolic OH excluding ortho intramolecular Hbond substituents is 1. The zero-order chi connectivity index (χ0) is 23.7. The summed E-state index contributed by atoms with van der Waals surface area (Å²) < 4.78 is 12.1. The number of carbonyl (C=O) groups is 1. The van der Waals surface area contributed by atoms with Crippen molar-refractivity contribution in [2.24, 2.45) is 4.99 Å². The molecule has 170 valence electrons. The Bertz CT molecular complexity index is 1440. The summed E-state index contributed by atoms with van der Waals surface area (Å²) in [5.74, 6) is -0.490. The SMILES string of the molecule is CCC1=C(C(=O)OC)[C@@H](c2ccccc2)n2c(s/c(=C\c3cc(Cl)c(O)c(OC)c3)c2=O)=N1. The molecule has 0 saturated heterocycles. The number of hydrogen-bond acceptors (Lipinski definition) is 7. The van der Waals surface area contributed by atoms with Gasteiger partial charge in [-0.15, -0.1) is 0 Å². The number of benzene rings is 2. The van der Waals surface area contributed by atoms with E-state index in [1.54, 1.807) is 18.2 Å². The van der Waals surface area contributed by atoms with Crippen molar-refractivity contribution in [2.45, 2.75) is 19.4 Å². The van der Waals surface area contributed by atoms with Crippen molar-refractivity contribution in [2.75, 3.05) is 14.2 Å². The van der Waals surface area contributed by atoms with Gasteiger partial charge in [-0.25, -0.2) is 9.79 Å². The summed E-state index contributed by atoms with van der Waals surface area (Å²) in [5, 5.41) is 10.1. The number of halogens is 1. The van der Waals surface area contributed by atoms with Gasteiger partial charge in [0.2, 0.25) is 0 Å². The maximum atomic E-state index is 13.6. The molecule has 2 heterocycles. The molecule has 0 bridgehead atoms. The molecule has 1 aromatic heterocycles. The van der Waals surface area contributed by atoms with E-state index in [1.807, 2.05) is 37.3 Å². The third-order valence-corrected chi connectivity index (χ3v) is 6.61. The molecule has 3 aromatic rings. The molecule has 7 nitrogen and oxygen atoms in total. The van der Waals surface area contributed by atoms with E-state index in [9.17, 15) is 14.7 Å². The number of aromatic hydroxyl groups is 1. The highest BCUT2D eigenvalue weighted by molar-refractivity contribution is 7.07. The molecule has 0 saturated carbocycles. The van der Waals surface area contributed by atoms with E-state index >= 15 is 0 Å². The Balaban J connectivity index is 1.99. The first-order valence-corrected chi connectivity index (χ1v) is 11.3. The van der Waals surface area contributed by atoms with Crippen molar-refractivity contribution in [3.63, 3.8) is 0 Å². The monoisotopic (exact) mass is 484 g/mol. The van der Waals surface area contributed by atoms with E-state index in [4.69, 9.17) is 21.1 Å². The van der Waals surface area contributed by atoms with Gasteiger partial charge in [0.25, 0.3) is 5.56 Å². The van der Waals surface area contributed by atoms with Crippen LogP contribution in [0.4, 0.5) is 0 Å². The number of allylic oxidation sites excluding steroid dienone is 1. The molecule has 1 N–H and O–H groups in total. The highest BCUT2D eigenvalue weighted by Gasteiger charge is 2.33. The Morgan fingerprint density at radius 1 is 1.27 bits per heavy atom. The van der Waals surface area contributed by atoms with E-state index < -0.39 is 12.0 Å². The van der Waals surface area contributed by atoms with E-state index in [1.165, 1.54) is 30.1 Å². The van der Waals surface area contributed by atoms with Gasteiger partial charge in [0.1, 0.15) is 0 Å². The van der Waals surface area contributed by atoms with Crippen LogP contribution in [0.15, 0.2) is 63.5 Å². The highest BCUT2D eigenvalue weighted by atomic mass is 35.5. The molecule has 0 spiro atoms. The molecule has 0 fully saturated rings. The number of ether oxygens (including phenoxy) is 2. The van der Waals surface area contributed by atoms with Crippen LogP contribution in [0.3, 0.4) is 0 Å². The van der Waals surface area contributed by atoms with Gasteiger partial charge in [0.15, 0.2) is 16.3 Å². The quantitative estimate of drug-likeness (QED) is 0.562. The summed E-state index contributed by atoms with van der Waals surface area (Å²) >= 11 is 7.32. The molecule has 0 radical (unpaired) electrons. The van der Waals surface area contributed by atoms with Gasteiger partial charge in [-0.1, -0.05) is 60.2 Å². The van der Waals surface area contributed by atoms with Crippen LogP contribution in [0.5, 0.6) is 11.5 Å². The van der Waals surface area contributed by atoms with Gasteiger partial charge >= 0.3 is 5.97 Å². The fourth-order valence-corrected chi connectivity index (χ4v) is 5.04. The summed E-state index contributed by atoms with van der Waals surface area (Å²) in [7, 11) is 2.74. The number of phenols is 1. The molecule has 2 aromatic carbocycles. The number of fused-ring (bicyclic) bond motifs is 1. The zero-order valence-electron chi connectivity index (χ0n) is 18.2. The largest absolute Gasteiger partial charge is 0.503 e. The maximum Gasteiger partial charge on any atom is 0.338 e. The Morgan fingerprint density at radius 2 is 2.00 bits per heavy atom. The lowest BCUT2D eigenvalue weighted by molar-refractivity contribution is -0.136. The predicted molar refractivity (Wildman–Crippen MR) is 127 cm³/mol. The number of rotatable bonds is 5. The molecule has 1 atom stereocenters. The summed E-state index contributed by atoms with van der Waals surface area (Å²) in [5.41, 5.74) is 1.99. The molecule has 9 heteroatoms. The predicted octanol–water partition coefficient (Wildman–Crippen LogP) is 3.17. The molecule has 1 aliphatic heterocycles. The van der Waals surface area contributed by atoms with Crippen LogP contribution in [0.1, 0.15) is 30.5 Å². The van der Waals surface area contributed by atoms with Gasteiger partial charge in [-0.2, -0.15) is 0 Å². The normalized spacial score (nSPS) is 15.8. The molecular weight excluding hydrogens is 464 g/mol. The second kappa shape index (κ2) is 9.25. The second-order valence-electron chi connectivity index (χ2n) is 7.25. The number of esters is 1. The molecule has 0 unspecified atom stereocenters. The number of nitrogens with zero attached hydrogens (tertiary/aromatic N) is 2. The van der Waals surface area contributed by atoms with Crippen molar-refractivity contribution in [1.82, 2.24) is 4.57 Å². The Kier molecular flexibility index (Phi) is 6.40. The van der Waals surface area contributed by atoms with Crippen LogP contribution in [0.2, 0.25) is 5.02 Å². The standard InChI is InChI=1S/C24H21ClN2O5S/c1-4-16-19(23(30)32-3)20(14-8-6-5-7-9-14)27-22(29)18(33-24(27)26-16)12-13-10-15(25)21(28)17(11-13)31-2/h5-12,20,28H,4H2,1-3H3/b18-12-/t20-/m1/s1. The molecule has 0 amide bonds. The summed E-state index contributed by atoms with van der Waals surface area (Å²) in [6.45, 7) is 1.91. The number of hydrogen-bond donors (Lipinski definition) is 1. The number of aromatic nitrogens is 1. The number of carbonyl (C=O) groups excluding carboxylic acids is 1. The van der Waals surface area contributed by atoms with Crippen LogP contribution in [0, 0.1) is 0 Å². The first-order chi connectivity index (χ1) is 15.9. The number of methoxy groups -OCH3 is 2. The van der Waals surface area contributed by atoms with Crippen molar-refractivity contribution in [1.29, 1.82) is 0 Å². The summed E-state index contributed by atoms with van der Waals surface area (Å²) in [6.07, 6.45) is 2.16. The zero-order valence-corrected chi connectivity index (χ0v) is 19.7. The molecule has 33 heavy (non-hydrogen) atoms. The average molecular weight is 485 g/mol. The Labute approximate surface area is 198 Å². The number of thiazole rings is 1. The van der Waals surface area contributed by atoms with Crippen LogP contribution in [-0.2, 0) is 9.53 Å². The summed E-state index contributed by atoms with van der Waals surface area (Å²) in [6, 6.07) is 11.8. The van der Waals surface area contributed by atoms with Gasteiger partial charge in [0.05, 0.1) is 41.1 Å².